The summed E-state index contributed by atoms with van der Waals surface area (Å²) in [4.78, 5) is 0. The minimum Gasteiger partial charge on any atom is -0.508 e. The lowest BCUT2D eigenvalue weighted by atomic mass is 9.72. The first-order chi connectivity index (χ1) is 11.3. The monoisotopic (exact) mass is 350 g/mol. The minimum atomic E-state index is -4.25. The van der Waals surface area contributed by atoms with Crippen LogP contribution >= 0.6 is 0 Å². The second-order valence-electron chi connectivity index (χ2n) is 6.01. The Hall–Kier alpha value is -2.05. The molecule has 24 heavy (non-hydrogen) atoms. The van der Waals surface area contributed by atoms with Gasteiger partial charge in [-0.3, -0.25) is 4.55 Å². The maximum absolute atomic E-state index is 11.7. The van der Waals surface area contributed by atoms with Gasteiger partial charge in [0.2, 0.25) is 0 Å². The normalized spacial score (nSPS) is 12.2. The Kier molecular flexibility index (Phi) is 5.51. The van der Waals surface area contributed by atoms with Crippen LogP contribution in [-0.4, -0.2) is 28.9 Å². The molecule has 0 fully saturated rings. The van der Waals surface area contributed by atoms with Gasteiger partial charge < -0.3 is 10.2 Å². The molecule has 0 heterocycles. The number of aromatic hydroxyl groups is 2. The summed E-state index contributed by atoms with van der Waals surface area (Å²) in [6.45, 7) is 2.01. The summed E-state index contributed by atoms with van der Waals surface area (Å²) in [5.74, 6) is -0.295. The smallest absolute Gasteiger partial charge is 0.266 e. The predicted octanol–water partition coefficient (Wildman–Crippen LogP) is 3.46. The summed E-state index contributed by atoms with van der Waals surface area (Å²) in [5.41, 5.74) is 0.430. The zero-order valence-corrected chi connectivity index (χ0v) is 14.3. The fourth-order valence-electron chi connectivity index (χ4n) is 3.05. The molecule has 2 rings (SSSR count). The van der Waals surface area contributed by atoms with Crippen LogP contribution in [0.1, 0.15) is 37.3 Å². The lowest BCUT2D eigenvalue weighted by Crippen LogP contribution is -2.36. The lowest BCUT2D eigenvalue weighted by Gasteiger charge is -2.34. The molecule has 0 amide bonds. The van der Waals surface area contributed by atoms with E-state index in [1.54, 1.807) is 24.3 Å². The summed E-state index contributed by atoms with van der Waals surface area (Å²) in [7, 11) is -4.25. The Bertz CT molecular complexity index is 719. The molecule has 130 valence electrons. The van der Waals surface area contributed by atoms with Crippen LogP contribution in [0, 0.1) is 0 Å². The molecule has 0 unspecified atom stereocenters. The molecule has 0 aliphatic carbocycles. The molecule has 0 radical (unpaired) electrons. The van der Waals surface area contributed by atoms with Gasteiger partial charge in [-0.15, -0.1) is 0 Å². The van der Waals surface area contributed by atoms with Crippen LogP contribution < -0.4 is 0 Å². The van der Waals surface area contributed by atoms with E-state index in [0.29, 0.717) is 17.5 Å². The van der Waals surface area contributed by atoms with E-state index in [-0.39, 0.29) is 11.5 Å². The molecular formula is C18H22O5S. The Morgan fingerprint density at radius 3 is 1.62 bits per heavy atom. The van der Waals surface area contributed by atoms with Crippen molar-refractivity contribution in [2.75, 3.05) is 5.75 Å². The second kappa shape index (κ2) is 7.23. The number of rotatable bonds is 7. The molecule has 0 bridgehead atoms. The summed E-state index contributed by atoms with van der Waals surface area (Å²) >= 11 is 0. The topological polar surface area (TPSA) is 94.8 Å². The average molecular weight is 350 g/mol. The van der Waals surface area contributed by atoms with Gasteiger partial charge in [-0.1, -0.05) is 44.0 Å². The Morgan fingerprint density at radius 2 is 1.29 bits per heavy atom. The maximum Gasteiger partial charge on any atom is 0.266 e. The van der Waals surface area contributed by atoms with Gasteiger partial charge in [0.05, 0.1) is 5.75 Å². The highest BCUT2D eigenvalue weighted by molar-refractivity contribution is 7.85. The van der Waals surface area contributed by atoms with Crippen molar-refractivity contribution >= 4 is 10.1 Å². The zero-order valence-electron chi connectivity index (χ0n) is 13.5. The molecule has 0 saturated carbocycles. The van der Waals surface area contributed by atoms with E-state index in [9.17, 15) is 23.2 Å². The minimum absolute atomic E-state index is 0.0840. The molecule has 0 spiro atoms. The Balaban J connectivity index is 2.66. The van der Waals surface area contributed by atoms with Crippen molar-refractivity contribution in [1.82, 2.24) is 0 Å². The largest absolute Gasteiger partial charge is 0.508 e. The second-order valence-corrected chi connectivity index (χ2v) is 7.46. The lowest BCUT2D eigenvalue weighted by molar-refractivity contribution is 0.438. The first-order valence-corrected chi connectivity index (χ1v) is 9.42. The van der Waals surface area contributed by atoms with Crippen molar-refractivity contribution < 1.29 is 23.2 Å². The molecule has 2 aromatic carbocycles. The standard InChI is InChI=1S/C18H22O5S/c1-2-3-12-18(13-24(21,22)23,14-4-8-16(19)9-5-14)15-6-10-17(20)11-7-15/h4-11,19-20H,2-3,12-13H2,1H3,(H,21,22,23). The van der Waals surface area contributed by atoms with Crippen molar-refractivity contribution in [3.8, 4) is 11.5 Å². The maximum atomic E-state index is 11.7. The number of hydrogen-bond donors (Lipinski definition) is 3. The molecular weight excluding hydrogens is 328 g/mol. The summed E-state index contributed by atoms with van der Waals surface area (Å²) < 4.78 is 33.1. The van der Waals surface area contributed by atoms with Gasteiger partial charge in [-0.05, 0) is 41.8 Å². The number of benzene rings is 2. The van der Waals surface area contributed by atoms with Gasteiger partial charge in [0.15, 0.2) is 0 Å². The van der Waals surface area contributed by atoms with Gasteiger partial charge in [-0.2, -0.15) is 8.42 Å². The Morgan fingerprint density at radius 1 is 0.875 bits per heavy atom. The molecule has 0 atom stereocenters. The molecule has 0 saturated heterocycles. The number of unbranched alkanes of at least 4 members (excludes halogenated alkanes) is 1. The van der Waals surface area contributed by atoms with E-state index >= 15 is 0 Å². The molecule has 0 aliphatic heterocycles. The molecule has 0 aromatic heterocycles. The molecule has 3 N–H and O–H groups in total. The third-order valence-electron chi connectivity index (χ3n) is 4.23. The van der Waals surface area contributed by atoms with Crippen LogP contribution in [0.25, 0.3) is 0 Å². The van der Waals surface area contributed by atoms with Crippen molar-refractivity contribution in [3.63, 3.8) is 0 Å². The summed E-state index contributed by atoms with van der Waals surface area (Å²) in [6, 6.07) is 12.7. The van der Waals surface area contributed by atoms with Crippen LogP contribution in [0.5, 0.6) is 11.5 Å². The van der Waals surface area contributed by atoms with Crippen molar-refractivity contribution in [1.29, 1.82) is 0 Å². The van der Waals surface area contributed by atoms with E-state index in [4.69, 9.17) is 0 Å². The van der Waals surface area contributed by atoms with E-state index in [1.165, 1.54) is 24.3 Å². The van der Waals surface area contributed by atoms with Crippen LogP contribution in [0.2, 0.25) is 0 Å². The first-order valence-electron chi connectivity index (χ1n) is 7.81. The van der Waals surface area contributed by atoms with Crippen molar-refractivity contribution in [2.45, 2.75) is 31.6 Å². The third-order valence-corrected chi connectivity index (χ3v) is 5.08. The number of phenolic OH excluding ortho intramolecular Hbond substituents is 2. The van der Waals surface area contributed by atoms with Crippen molar-refractivity contribution in [2.24, 2.45) is 0 Å². The number of phenols is 2. The zero-order chi connectivity index (χ0) is 17.8. The van der Waals surface area contributed by atoms with E-state index in [2.05, 4.69) is 0 Å². The highest BCUT2D eigenvalue weighted by Crippen LogP contribution is 2.39. The van der Waals surface area contributed by atoms with Crippen LogP contribution in [0.4, 0.5) is 0 Å². The van der Waals surface area contributed by atoms with Crippen LogP contribution in [0.15, 0.2) is 48.5 Å². The third kappa shape index (κ3) is 4.27. The van der Waals surface area contributed by atoms with Gasteiger partial charge in [0.1, 0.15) is 11.5 Å². The number of hydrogen-bond acceptors (Lipinski definition) is 4. The van der Waals surface area contributed by atoms with E-state index in [1.807, 2.05) is 6.92 Å². The highest BCUT2D eigenvalue weighted by Gasteiger charge is 2.38. The molecule has 0 aliphatic rings. The van der Waals surface area contributed by atoms with Crippen molar-refractivity contribution in [3.05, 3.63) is 59.7 Å². The van der Waals surface area contributed by atoms with Gasteiger partial charge in [-0.25, -0.2) is 0 Å². The fourth-order valence-corrected chi connectivity index (χ4v) is 4.15. The highest BCUT2D eigenvalue weighted by atomic mass is 32.2. The quantitative estimate of drug-likeness (QED) is 0.665. The predicted molar refractivity (Wildman–Crippen MR) is 92.9 cm³/mol. The fraction of sp³-hybridized carbons (Fsp3) is 0.333. The average Bonchev–Trinajstić information content (AvgIpc) is 2.52. The van der Waals surface area contributed by atoms with Gasteiger partial charge in [0.25, 0.3) is 10.1 Å². The SMILES string of the molecule is CCCCC(CS(=O)(=O)O)(c1ccc(O)cc1)c1ccc(O)cc1. The van der Waals surface area contributed by atoms with Crippen LogP contribution in [-0.2, 0) is 15.5 Å². The summed E-state index contributed by atoms with van der Waals surface area (Å²) in [6.07, 6.45) is 2.14. The first kappa shape index (κ1) is 18.3. The summed E-state index contributed by atoms with van der Waals surface area (Å²) in [5, 5.41) is 19.1. The molecule has 5 nitrogen and oxygen atoms in total. The van der Waals surface area contributed by atoms with E-state index in [0.717, 1.165) is 12.8 Å². The van der Waals surface area contributed by atoms with Crippen LogP contribution in [0.3, 0.4) is 0 Å². The van der Waals surface area contributed by atoms with Gasteiger partial charge >= 0.3 is 0 Å². The molecule has 2 aromatic rings. The van der Waals surface area contributed by atoms with E-state index < -0.39 is 21.3 Å². The Labute approximate surface area is 142 Å². The molecule has 6 heteroatoms. The van der Waals surface area contributed by atoms with Gasteiger partial charge in [0, 0.05) is 5.41 Å².